The molecule has 0 spiro atoms. The van der Waals surface area contributed by atoms with Crippen LogP contribution >= 0.6 is 23.4 Å². The molecule has 8 heteroatoms. The van der Waals surface area contributed by atoms with E-state index < -0.39 is 5.25 Å². The molecule has 0 saturated carbocycles. The molecule has 1 atom stereocenters. The number of aromatic nitrogens is 3. The molecule has 0 bridgehead atoms. The summed E-state index contributed by atoms with van der Waals surface area (Å²) in [5.74, 6) is 1.09. The Balaban J connectivity index is 1.79. The molecule has 1 N–H and O–H groups in total. The lowest BCUT2D eigenvalue weighted by atomic mass is 10.2. The number of hydrogen-bond acceptors (Lipinski definition) is 5. The molecule has 0 fully saturated rings. The average Bonchev–Trinajstić information content (AvgIpc) is 3.11. The van der Waals surface area contributed by atoms with Gasteiger partial charge in [0.05, 0.1) is 18.0 Å². The number of ether oxygens (including phenoxy) is 1. The van der Waals surface area contributed by atoms with Gasteiger partial charge in [0.1, 0.15) is 5.75 Å². The first-order valence-electron chi connectivity index (χ1n) is 8.94. The first kappa shape index (κ1) is 21.0. The van der Waals surface area contributed by atoms with E-state index in [9.17, 15) is 4.79 Å². The van der Waals surface area contributed by atoms with E-state index in [0.29, 0.717) is 28.2 Å². The topological polar surface area (TPSA) is 69.0 Å². The monoisotopic (exact) mass is 428 g/mol. The molecule has 1 heterocycles. The van der Waals surface area contributed by atoms with Crippen LogP contribution < -0.4 is 10.1 Å². The minimum Gasteiger partial charge on any atom is -0.495 e. The normalized spacial score (nSPS) is 11.7. The zero-order valence-electron chi connectivity index (χ0n) is 16.1. The highest BCUT2D eigenvalue weighted by molar-refractivity contribution is 8.00. The van der Waals surface area contributed by atoms with Crippen molar-refractivity contribution in [3.05, 3.63) is 66.2 Å². The van der Waals surface area contributed by atoms with Gasteiger partial charge in [0, 0.05) is 17.1 Å². The second-order valence-electron chi connectivity index (χ2n) is 6.17. The Hall–Kier alpha value is -2.77. The summed E-state index contributed by atoms with van der Waals surface area (Å²) in [6, 6.07) is 14.9. The summed E-state index contributed by atoms with van der Waals surface area (Å²) in [6.07, 6.45) is 1.78. The van der Waals surface area contributed by atoms with Crippen LogP contribution in [0.15, 0.2) is 66.3 Å². The first-order valence-corrected chi connectivity index (χ1v) is 10.2. The Kier molecular flexibility index (Phi) is 6.95. The molecule has 1 unspecified atom stereocenters. The average molecular weight is 429 g/mol. The van der Waals surface area contributed by atoms with Gasteiger partial charge in [-0.2, -0.15) is 0 Å². The number of nitrogens with one attached hydrogen (secondary N) is 1. The zero-order valence-corrected chi connectivity index (χ0v) is 17.7. The van der Waals surface area contributed by atoms with Gasteiger partial charge < -0.3 is 10.1 Å². The number of amides is 1. The lowest BCUT2D eigenvalue weighted by Gasteiger charge is -2.15. The maximum absolute atomic E-state index is 12.7. The summed E-state index contributed by atoms with van der Waals surface area (Å²) in [5, 5.41) is 12.2. The van der Waals surface area contributed by atoms with Gasteiger partial charge >= 0.3 is 0 Å². The molecule has 0 aliphatic heterocycles. The molecule has 150 valence electrons. The van der Waals surface area contributed by atoms with Crippen LogP contribution in [0.1, 0.15) is 6.92 Å². The van der Waals surface area contributed by atoms with Gasteiger partial charge in [0.2, 0.25) is 5.91 Å². The fraction of sp³-hybridized carbons (Fsp3) is 0.190. The Morgan fingerprint density at radius 2 is 2.07 bits per heavy atom. The van der Waals surface area contributed by atoms with Crippen molar-refractivity contribution in [3.8, 4) is 17.1 Å². The highest BCUT2D eigenvalue weighted by Crippen LogP contribution is 2.30. The predicted octanol–water partition coefficient (Wildman–Crippen LogP) is 4.91. The van der Waals surface area contributed by atoms with Crippen molar-refractivity contribution in [2.45, 2.75) is 23.9 Å². The summed E-state index contributed by atoms with van der Waals surface area (Å²) in [5.41, 5.74) is 1.48. The van der Waals surface area contributed by atoms with Crippen molar-refractivity contribution in [2.75, 3.05) is 12.4 Å². The molecule has 0 aliphatic rings. The molecule has 1 aromatic heterocycles. The largest absolute Gasteiger partial charge is 0.495 e. The maximum Gasteiger partial charge on any atom is 0.237 e. The number of thioether (sulfide) groups is 1. The van der Waals surface area contributed by atoms with E-state index in [2.05, 4.69) is 22.1 Å². The molecule has 29 heavy (non-hydrogen) atoms. The molecular formula is C21H21ClN4O2S. The lowest BCUT2D eigenvalue weighted by molar-refractivity contribution is -0.115. The standard InChI is InChI=1S/C21H21ClN4O2S/c1-4-12-26-19(15-8-6-5-7-9-15)24-25-21(26)29-14(2)20(27)23-17-13-16(22)10-11-18(17)28-3/h4-11,13-14H,1,12H2,2-3H3,(H,23,27). The number of halogens is 1. The molecule has 3 rings (SSSR count). The van der Waals surface area contributed by atoms with Crippen molar-refractivity contribution in [1.29, 1.82) is 0 Å². The van der Waals surface area contributed by atoms with E-state index in [1.807, 2.05) is 41.8 Å². The van der Waals surface area contributed by atoms with Gasteiger partial charge in [-0.25, -0.2) is 0 Å². The van der Waals surface area contributed by atoms with E-state index in [0.717, 1.165) is 11.4 Å². The number of nitrogens with zero attached hydrogens (tertiary/aromatic N) is 3. The molecule has 3 aromatic rings. The Morgan fingerprint density at radius 1 is 1.31 bits per heavy atom. The highest BCUT2D eigenvalue weighted by atomic mass is 35.5. The van der Waals surface area contributed by atoms with Crippen LogP contribution in [-0.2, 0) is 11.3 Å². The third-order valence-electron chi connectivity index (χ3n) is 4.13. The number of benzene rings is 2. The van der Waals surface area contributed by atoms with E-state index >= 15 is 0 Å². The number of hydrogen-bond donors (Lipinski definition) is 1. The number of anilines is 1. The minimum atomic E-state index is -0.421. The summed E-state index contributed by atoms with van der Waals surface area (Å²) >= 11 is 7.37. The summed E-state index contributed by atoms with van der Waals surface area (Å²) in [4.78, 5) is 12.7. The van der Waals surface area contributed by atoms with Gasteiger partial charge in [-0.1, -0.05) is 59.8 Å². The van der Waals surface area contributed by atoms with Gasteiger partial charge in [-0.15, -0.1) is 16.8 Å². The summed E-state index contributed by atoms with van der Waals surface area (Å²) < 4.78 is 7.23. The Labute approximate surface area is 178 Å². The van der Waals surface area contributed by atoms with E-state index in [1.165, 1.54) is 11.8 Å². The first-order chi connectivity index (χ1) is 14.0. The van der Waals surface area contributed by atoms with Crippen molar-refractivity contribution >= 4 is 35.0 Å². The van der Waals surface area contributed by atoms with Crippen LogP contribution in [0.5, 0.6) is 5.75 Å². The lowest BCUT2D eigenvalue weighted by Crippen LogP contribution is -2.23. The fourth-order valence-corrected chi connectivity index (χ4v) is 3.72. The number of carbonyl (C=O) groups is 1. The molecular weight excluding hydrogens is 408 g/mol. The predicted molar refractivity (Wildman–Crippen MR) is 118 cm³/mol. The van der Waals surface area contributed by atoms with Gasteiger partial charge in [-0.05, 0) is 25.1 Å². The van der Waals surface area contributed by atoms with Gasteiger partial charge in [0.25, 0.3) is 0 Å². The summed E-state index contributed by atoms with van der Waals surface area (Å²) in [7, 11) is 1.54. The van der Waals surface area contributed by atoms with Crippen LogP contribution in [0.25, 0.3) is 11.4 Å². The number of carbonyl (C=O) groups excluding carboxylic acids is 1. The number of allylic oxidation sites excluding steroid dienone is 1. The van der Waals surface area contributed by atoms with E-state index in [-0.39, 0.29) is 5.91 Å². The molecule has 0 radical (unpaired) electrons. The van der Waals surface area contributed by atoms with Gasteiger partial charge in [0.15, 0.2) is 11.0 Å². The van der Waals surface area contributed by atoms with Crippen molar-refractivity contribution < 1.29 is 9.53 Å². The van der Waals surface area contributed by atoms with Crippen molar-refractivity contribution in [2.24, 2.45) is 0 Å². The SMILES string of the molecule is C=CCn1c(SC(C)C(=O)Nc2cc(Cl)ccc2OC)nnc1-c1ccccc1. The zero-order chi connectivity index (χ0) is 20.8. The third-order valence-corrected chi connectivity index (χ3v) is 5.45. The molecule has 6 nitrogen and oxygen atoms in total. The Morgan fingerprint density at radius 3 is 2.76 bits per heavy atom. The van der Waals surface area contributed by atoms with Crippen LogP contribution in [0.2, 0.25) is 5.02 Å². The van der Waals surface area contributed by atoms with Gasteiger partial charge in [-0.3, -0.25) is 9.36 Å². The van der Waals surface area contributed by atoms with Crippen LogP contribution in [0.3, 0.4) is 0 Å². The molecule has 0 aliphatic carbocycles. The van der Waals surface area contributed by atoms with Crippen molar-refractivity contribution in [1.82, 2.24) is 14.8 Å². The van der Waals surface area contributed by atoms with Crippen LogP contribution in [-0.4, -0.2) is 33.0 Å². The molecule has 2 aromatic carbocycles. The minimum absolute atomic E-state index is 0.190. The Bertz CT molecular complexity index is 1010. The van der Waals surface area contributed by atoms with E-state index in [4.69, 9.17) is 16.3 Å². The third kappa shape index (κ3) is 4.99. The second kappa shape index (κ2) is 9.62. The number of rotatable bonds is 8. The smallest absolute Gasteiger partial charge is 0.237 e. The van der Waals surface area contributed by atoms with Crippen LogP contribution in [0, 0.1) is 0 Å². The molecule has 0 saturated heterocycles. The fourth-order valence-electron chi connectivity index (χ4n) is 2.69. The quantitative estimate of drug-likeness (QED) is 0.407. The number of methoxy groups -OCH3 is 1. The van der Waals surface area contributed by atoms with Crippen LogP contribution in [0.4, 0.5) is 5.69 Å². The second-order valence-corrected chi connectivity index (χ2v) is 7.91. The summed E-state index contributed by atoms with van der Waals surface area (Å²) in [6.45, 7) is 6.17. The van der Waals surface area contributed by atoms with Crippen molar-refractivity contribution in [3.63, 3.8) is 0 Å². The van der Waals surface area contributed by atoms with E-state index in [1.54, 1.807) is 31.4 Å². The highest BCUT2D eigenvalue weighted by Gasteiger charge is 2.21. The molecule has 1 amide bonds. The maximum atomic E-state index is 12.7.